The van der Waals surface area contributed by atoms with Gasteiger partial charge in [-0.25, -0.2) is 4.98 Å². The van der Waals surface area contributed by atoms with Crippen molar-refractivity contribution in [2.75, 3.05) is 5.32 Å². The molecule has 0 fully saturated rings. The molecule has 2 rings (SSSR count). The Balaban J connectivity index is 1.99. The van der Waals surface area contributed by atoms with Crippen LogP contribution in [0.5, 0.6) is 0 Å². The third-order valence-electron chi connectivity index (χ3n) is 2.79. The van der Waals surface area contributed by atoms with Gasteiger partial charge in [0.2, 0.25) is 11.9 Å². The predicted molar refractivity (Wildman–Crippen MR) is 72.4 cm³/mol. The second kappa shape index (κ2) is 5.64. The lowest BCUT2D eigenvalue weighted by atomic mass is 10.1. The van der Waals surface area contributed by atoms with Gasteiger partial charge in [0.25, 0.3) is 5.56 Å². The molecule has 1 amide bonds. The van der Waals surface area contributed by atoms with Gasteiger partial charge in [-0.05, 0) is 27.2 Å². The van der Waals surface area contributed by atoms with Gasteiger partial charge in [0.1, 0.15) is 11.6 Å². The van der Waals surface area contributed by atoms with Crippen LogP contribution in [0, 0.1) is 20.8 Å². The SMILES string of the molecule is Cc1nc(NC(=O)CCc2c(C)nc(C)[nH]c2=O)n[nH]1. The van der Waals surface area contributed by atoms with Crippen LogP contribution in [0.25, 0.3) is 0 Å². The van der Waals surface area contributed by atoms with Crippen molar-refractivity contribution in [1.29, 1.82) is 0 Å². The first-order valence-electron chi connectivity index (χ1n) is 6.21. The van der Waals surface area contributed by atoms with Crippen LogP contribution < -0.4 is 10.9 Å². The smallest absolute Gasteiger partial charge is 0.254 e. The second-order valence-electron chi connectivity index (χ2n) is 4.51. The van der Waals surface area contributed by atoms with Gasteiger partial charge >= 0.3 is 0 Å². The summed E-state index contributed by atoms with van der Waals surface area (Å²) in [5, 5.41) is 9.00. The van der Waals surface area contributed by atoms with Crippen LogP contribution in [0.4, 0.5) is 5.95 Å². The summed E-state index contributed by atoms with van der Waals surface area (Å²) in [6.45, 7) is 5.22. The molecule has 20 heavy (non-hydrogen) atoms. The highest BCUT2D eigenvalue weighted by Gasteiger charge is 2.11. The van der Waals surface area contributed by atoms with E-state index in [0.29, 0.717) is 29.3 Å². The molecule has 3 N–H and O–H groups in total. The molecule has 0 saturated carbocycles. The number of nitrogens with one attached hydrogen (secondary N) is 3. The number of carbonyl (C=O) groups excluding carboxylic acids is 1. The minimum atomic E-state index is -0.247. The van der Waals surface area contributed by atoms with Crippen molar-refractivity contribution in [1.82, 2.24) is 25.1 Å². The number of hydrogen-bond acceptors (Lipinski definition) is 5. The number of carbonyl (C=O) groups is 1. The van der Waals surface area contributed by atoms with Crippen molar-refractivity contribution in [3.8, 4) is 0 Å². The molecule has 0 aromatic carbocycles. The van der Waals surface area contributed by atoms with Crippen molar-refractivity contribution in [3.63, 3.8) is 0 Å². The van der Waals surface area contributed by atoms with Crippen LogP contribution in [-0.4, -0.2) is 31.1 Å². The van der Waals surface area contributed by atoms with E-state index in [1.807, 2.05) is 0 Å². The van der Waals surface area contributed by atoms with Crippen molar-refractivity contribution in [3.05, 3.63) is 33.3 Å². The molecule has 0 radical (unpaired) electrons. The van der Waals surface area contributed by atoms with Crippen LogP contribution in [-0.2, 0) is 11.2 Å². The first-order chi connectivity index (χ1) is 9.45. The van der Waals surface area contributed by atoms with E-state index in [-0.39, 0.29) is 23.8 Å². The minimum absolute atomic E-state index is 0.169. The molecule has 106 valence electrons. The van der Waals surface area contributed by atoms with E-state index in [0.717, 1.165) is 0 Å². The fourth-order valence-electron chi connectivity index (χ4n) is 1.87. The molecule has 0 saturated heterocycles. The summed E-state index contributed by atoms with van der Waals surface area (Å²) >= 11 is 0. The van der Waals surface area contributed by atoms with Gasteiger partial charge < -0.3 is 4.98 Å². The Kier molecular flexibility index (Phi) is 3.92. The Hall–Kier alpha value is -2.51. The zero-order valence-corrected chi connectivity index (χ0v) is 11.6. The van der Waals surface area contributed by atoms with Crippen molar-refractivity contribution >= 4 is 11.9 Å². The summed E-state index contributed by atoms with van der Waals surface area (Å²) in [5.74, 6) is 1.18. The number of aryl methyl sites for hydroxylation is 3. The highest BCUT2D eigenvalue weighted by atomic mass is 16.1. The standard InChI is InChI=1S/C12H16N6O2/c1-6-9(11(20)14-7(2)13-6)4-5-10(19)16-12-15-8(3)17-18-12/h4-5H2,1-3H3,(H,13,14,20)(H2,15,16,17,18,19). The quantitative estimate of drug-likeness (QED) is 0.746. The van der Waals surface area contributed by atoms with E-state index in [2.05, 4.69) is 30.5 Å². The van der Waals surface area contributed by atoms with Crippen LogP contribution >= 0.6 is 0 Å². The zero-order chi connectivity index (χ0) is 14.7. The monoisotopic (exact) mass is 276 g/mol. The summed E-state index contributed by atoms with van der Waals surface area (Å²) in [4.78, 5) is 34.3. The zero-order valence-electron chi connectivity index (χ0n) is 11.6. The molecule has 0 unspecified atom stereocenters. The maximum atomic E-state index is 11.8. The van der Waals surface area contributed by atoms with Crippen LogP contribution in [0.2, 0.25) is 0 Å². The summed E-state index contributed by atoms with van der Waals surface area (Å²) < 4.78 is 0. The third-order valence-corrected chi connectivity index (χ3v) is 2.79. The van der Waals surface area contributed by atoms with E-state index in [4.69, 9.17) is 0 Å². The van der Waals surface area contributed by atoms with Gasteiger partial charge in [0, 0.05) is 17.7 Å². The van der Waals surface area contributed by atoms with Crippen molar-refractivity contribution in [2.24, 2.45) is 0 Å². The topological polar surface area (TPSA) is 116 Å². The summed E-state index contributed by atoms with van der Waals surface area (Å²) in [7, 11) is 0. The average Bonchev–Trinajstić information content (AvgIpc) is 2.73. The van der Waals surface area contributed by atoms with E-state index >= 15 is 0 Å². The average molecular weight is 276 g/mol. The molecule has 0 atom stereocenters. The summed E-state index contributed by atoms with van der Waals surface area (Å²) in [6.07, 6.45) is 0.492. The normalized spacial score (nSPS) is 10.6. The van der Waals surface area contributed by atoms with Crippen molar-refractivity contribution < 1.29 is 4.79 Å². The number of aromatic nitrogens is 5. The lowest BCUT2D eigenvalue weighted by Crippen LogP contribution is -2.20. The molecule has 0 aliphatic rings. The molecule has 0 aliphatic heterocycles. The maximum absolute atomic E-state index is 11.8. The first kappa shape index (κ1) is 13.9. The lowest BCUT2D eigenvalue weighted by Gasteiger charge is -2.05. The molecule has 0 spiro atoms. The Bertz CT molecular complexity index is 687. The molecule has 0 aliphatic carbocycles. The van der Waals surface area contributed by atoms with Crippen LogP contribution in [0.3, 0.4) is 0 Å². The largest absolute Gasteiger partial charge is 0.311 e. The highest BCUT2D eigenvalue weighted by Crippen LogP contribution is 2.04. The van der Waals surface area contributed by atoms with Gasteiger partial charge in [-0.1, -0.05) is 0 Å². The summed E-state index contributed by atoms with van der Waals surface area (Å²) in [5.41, 5.74) is 0.973. The lowest BCUT2D eigenvalue weighted by molar-refractivity contribution is -0.116. The Labute approximate surface area is 115 Å². The third kappa shape index (κ3) is 3.28. The molecular formula is C12H16N6O2. The molecular weight excluding hydrogens is 260 g/mol. The number of nitrogens with zero attached hydrogens (tertiary/aromatic N) is 3. The number of amides is 1. The van der Waals surface area contributed by atoms with Gasteiger partial charge in [-0.15, -0.1) is 5.10 Å². The van der Waals surface area contributed by atoms with E-state index in [1.54, 1.807) is 20.8 Å². The fraction of sp³-hybridized carbons (Fsp3) is 0.417. The summed E-state index contributed by atoms with van der Waals surface area (Å²) in [6, 6.07) is 0. The van der Waals surface area contributed by atoms with Gasteiger partial charge in [-0.2, -0.15) is 4.98 Å². The van der Waals surface area contributed by atoms with E-state index in [1.165, 1.54) is 0 Å². The molecule has 0 bridgehead atoms. The highest BCUT2D eigenvalue weighted by molar-refractivity contribution is 5.88. The van der Waals surface area contributed by atoms with Gasteiger partial charge in [-0.3, -0.25) is 20.0 Å². The number of hydrogen-bond donors (Lipinski definition) is 3. The van der Waals surface area contributed by atoms with E-state index in [9.17, 15) is 9.59 Å². The first-order valence-corrected chi connectivity index (χ1v) is 6.21. The Morgan fingerprint density at radius 1 is 1.20 bits per heavy atom. The fourth-order valence-corrected chi connectivity index (χ4v) is 1.87. The maximum Gasteiger partial charge on any atom is 0.254 e. The Morgan fingerprint density at radius 2 is 1.95 bits per heavy atom. The molecule has 2 heterocycles. The number of H-pyrrole nitrogens is 2. The molecule has 8 heteroatoms. The predicted octanol–water partition coefficient (Wildman–Crippen LogP) is 0.385. The van der Waals surface area contributed by atoms with Gasteiger partial charge in [0.05, 0.1) is 0 Å². The number of anilines is 1. The van der Waals surface area contributed by atoms with Crippen LogP contribution in [0.1, 0.15) is 29.3 Å². The number of rotatable bonds is 4. The molecule has 2 aromatic rings. The number of aromatic amines is 2. The minimum Gasteiger partial charge on any atom is -0.311 e. The Morgan fingerprint density at radius 3 is 2.55 bits per heavy atom. The van der Waals surface area contributed by atoms with Crippen molar-refractivity contribution in [2.45, 2.75) is 33.6 Å². The van der Waals surface area contributed by atoms with Gasteiger partial charge in [0.15, 0.2) is 0 Å². The van der Waals surface area contributed by atoms with Crippen LogP contribution in [0.15, 0.2) is 4.79 Å². The van der Waals surface area contributed by atoms with E-state index < -0.39 is 0 Å². The molecule has 8 nitrogen and oxygen atoms in total. The molecule has 2 aromatic heterocycles. The second-order valence-corrected chi connectivity index (χ2v) is 4.51.